The highest BCUT2D eigenvalue weighted by molar-refractivity contribution is 5.71. The summed E-state index contributed by atoms with van der Waals surface area (Å²) in [6.45, 7) is 9.74. The third-order valence-corrected chi connectivity index (χ3v) is 12.5. The molecular formula is C58H102N2O8. The molecule has 0 aliphatic carbocycles. The molecule has 1 amide bonds. The van der Waals surface area contributed by atoms with Crippen molar-refractivity contribution >= 4 is 24.0 Å². The van der Waals surface area contributed by atoms with Gasteiger partial charge in [0.25, 0.3) is 0 Å². The summed E-state index contributed by atoms with van der Waals surface area (Å²) in [7, 11) is 0. The molecule has 10 heteroatoms. The van der Waals surface area contributed by atoms with Crippen LogP contribution in [0.25, 0.3) is 0 Å². The number of hydrogen-bond donors (Lipinski definition) is 1. The molecule has 0 bridgehead atoms. The number of rotatable bonds is 47. The summed E-state index contributed by atoms with van der Waals surface area (Å²) in [5.74, 6) is -1.21. The van der Waals surface area contributed by atoms with Gasteiger partial charge in [-0.1, -0.05) is 166 Å². The summed E-state index contributed by atoms with van der Waals surface area (Å²) in [6, 6.07) is 0. The van der Waals surface area contributed by atoms with E-state index in [1.807, 2.05) is 0 Å². The van der Waals surface area contributed by atoms with Crippen LogP contribution in [0, 0.1) is 0 Å². The van der Waals surface area contributed by atoms with Gasteiger partial charge in [-0.05, 0) is 122 Å². The van der Waals surface area contributed by atoms with Gasteiger partial charge in [0.1, 0.15) is 19.3 Å². The van der Waals surface area contributed by atoms with E-state index in [4.69, 9.17) is 18.9 Å². The SMILES string of the molecule is CCCCC/C=C\C/C=C\CCCCCCCC(=O)OCC(COC(=O)CCCCCCC/C=C\C/C=C\CCCCC)OC(=O)CCC(CCCCCCCC)OC(=O)NCCN1CCCC1. The lowest BCUT2D eigenvalue weighted by molar-refractivity contribution is -0.167. The normalized spacial score (nSPS) is 13.7. The van der Waals surface area contributed by atoms with Gasteiger partial charge in [-0.2, -0.15) is 0 Å². The number of amides is 1. The van der Waals surface area contributed by atoms with E-state index in [1.165, 1.54) is 83.5 Å². The average Bonchev–Trinajstić information content (AvgIpc) is 3.86. The molecule has 68 heavy (non-hydrogen) atoms. The van der Waals surface area contributed by atoms with Gasteiger partial charge in [0, 0.05) is 32.4 Å². The van der Waals surface area contributed by atoms with Gasteiger partial charge < -0.3 is 29.2 Å². The van der Waals surface area contributed by atoms with Crippen LogP contribution >= 0.6 is 0 Å². The molecule has 1 unspecified atom stereocenters. The fourth-order valence-electron chi connectivity index (χ4n) is 8.25. The highest BCUT2D eigenvalue weighted by Crippen LogP contribution is 2.17. The van der Waals surface area contributed by atoms with Crippen LogP contribution in [0.2, 0.25) is 0 Å². The first-order valence-corrected chi connectivity index (χ1v) is 28.1. The maximum atomic E-state index is 13.3. The number of ether oxygens (including phenoxy) is 4. The van der Waals surface area contributed by atoms with Crippen molar-refractivity contribution in [2.24, 2.45) is 0 Å². The summed E-state index contributed by atoms with van der Waals surface area (Å²) >= 11 is 0. The minimum Gasteiger partial charge on any atom is -0.462 e. The molecule has 0 aromatic carbocycles. The predicted molar refractivity (Wildman–Crippen MR) is 282 cm³/mol. The first-order chi connectivity index (χ1) is 33.4. The van der Waals surface area contributed by atoms with Crippen LogP contribution in [0.3, 0.4) is 0 Å². The predicted octanol–water partition coefficient (Wildman–Crippen LogP) is 15.3. The Labute approximate surface area is 416 Å². The van der Waals surface area contributed by atoms with Gasteiger partial charge in [-0.3, -0.25) is 14.4 Å². The highest BCUT2D eigenvalue weighted by atomic mass is 16.6. The smallest absolute Gasteiger partial charge is 0.407 e. The third kappa shape index (κ3) is 42.7. The van der Waals surface area contributed by atoms with E-state index in [-0.39, 0.29) is 44.4 Å². The molecule has 0 spiro atoms. The fourth-order valence-corrected chi connectivity index (χ4v) is 8.25. The monoisotopic (exact) mass is 955 g/mol. The van der Waals surface area contributed by atoms with Crippen molar-refractivity contribution in [2.75, 3.05) is 39.4 Å². The number of esters is 3. The van der Waals surface area contributed by atoms with E-state index in [0.717, 1.165) is 129 Å². The van der Waals surface area contributed by atoms with Gasteiger partial charge in [0.2, 0.25) is 0 Å². The van der Waals surface area contributed by atoms with Crippen molar-refractivity contribution in [2.45, 2.75) is 258 Å². The molecule has 0 saturated carbocycles. The molecule has 392 valence electrons. The van der Waals surface area contributed by atoms with E-state index >= 15 is 0 Å². The number of carbonyl (C=O) groups excluding carboxylic acids is 4. The number of nitrogens with zero attached hydrogens (tertiary/aromatic N) is 1. The second kappa shape index (κ2) is 48.6. The van der Waals surface area contributed by atoms with Crippen LogP contribution in [0.1, 0.15) is 245 Å². The molecule has 1 N–H and O–H groups in total. The zero-order valence-corrected chi connectivity index (χ0v) is 44.0. The molecule has 1 fully saturated rings. The van der Waals surface area contributed by atoms with E-state index in [1.54, 1.807) is 0 Å². The van der Waals surface area contributed by atoms with Crippen molar-refractivity contribution in [3.8, 4) is 0 Å². The summed E-state index contributed by atoms with van der Waals surface area (Å²) in [6.07, 6.45) is 51.2. The number of likely N-dealkylation sites (tertiary alicyclic amines) is 1. The summed E-state index contributed by atoms with van der Waals surface area (Å²) < 4.78 is 22.8. The van der Waals surface area contributed by atoms with Gasteiger partial charge in [-0.15, -0.1) is 0 Å². The van der Waals surface area contributed by atoms with Crippen LogP contribution in [-0.4, -0.2) is 80.5 Å². The van der Waals surface area contributed by atoms with Crippen molar-refractivity contribution in [1.29, 1.82) is 0 Å². The van der Waals surface area contributed by atoms with Gasteiger partial charge in [0.15, 0.2) is 6.10 Å². The Morgan fingerprint density at radius 3 is 1.38 bits per heavy atom. The van der Waals surface area contributed by atoms with Crippen molar-refractivity contribution < 1.29 is 38.1 Å². The second-order valence-corrected chi connectivity index (χ2v) is 19.0. The molecule has 0 aromatic rings. The minimum absolute atomic E-state index is 0.0257. The minimum atomic E-state index is -0.920. The lowest BCUT2D eigenvalue weighted by Crippen LogP contribution is -2.36. The molecule has 0 aromatic heterocycles. The zero-order valence-electron chi connectivity index (χ0n) is 44.0. The maximum Gasteiger partial charge on any atom is 0.407 e. The van der Waals surface area contributed by atoms with Crippen molar-refractivity contribution in [3.05, 3.63) is 48.6 Å². The Morgan fingerprint density at radius 2 is 0.882 bits per heavy atom. The van der Waals surface area contributed by atoms with Crippen LogP contribution < -0.4 is 5.32 Å². The standard InChI is InChI=1S/C58H102N2O8/c1-4-7-10-13-16-18-20-22-24-26-28-30-32-35-38-43-55(61)65-51-54(52-66-56(62)44-39-36-33-31-29-27-25-23-21-19-17-14-11-8-5-2)67-57(63)46-45-53(42-37-34-15-12-9-6-3)68-58(64)59-47-50-60-48-40-41-49-60/h16-19,22-25,53-54H,4-15,20-21,26-52H2,1-3H3,(H,59,64)/b18-16-,19-17-,24-22-,25-23-. The van der Waals surface area contributed by atoms with Crippen molar-refractivity contribution in [1.82, 2.24) is 10.2 Å². The molecule has 1 rings (SSSR count). The Bertz CT molecular complexity index is 1260. The molecule has 10 nitrogen and oxygen atoms in total. The number of hydrogen-bond acceptors (Lipinski definition) is 9. The molecule has 1 aliphatic heterocycles. The van der Waals surface area contributed by atoms with E-state index < -0.39 is 24.3 Å². The van der Waals surface area contributed by atoms with Gasteiger partial charge in [-0.25, -0.2) is 4.79 Å². The second-order valence-electron chi connectivity index (χ2n) is 19.0. The first kappa shape index (κ1) is 62.6. The number of alkyl carbamates (subject to hydrolysis) is 1. The molecule has 1 heterocycles. The number of unbranched alkanes of at least 4 members (excludes halogenated alkanes) is 21. The summed E-state index contributed by atoms with van der Waals surface area (Å²) in [5, 5.41) is 2.89. The Balaban J connectivity index is 2.58. The van der Waals surface area contributed by atoms with E-state index in [2.05, 4.69) is 79.6 Å². The molecule has 1 atom stereocenters. The van der Waals surface area contributed by atoms with Crippen LogP contribution in [0.15, 0.2) is 48.6 Å². The number of allylic oxidation sites excluding steroid dienone is 8. The number of carbonyl (C=O) groups is 4. The largest absolute Gasteiger partial charge is 0.462 e. The Morgan fingerprint density at radius 1 is 0.456 bits per heavy atom. The lowest BCUT2D eigenvalue weighted by atomic mass is 10.0. The molecular weight excluding hydrogens is 853 g/mol. The maximum absolute atomic E-state index is 13.3. The third-order valence-electron chi connectivity index (χ3n) is 12.5. The zero-order chi connectivity index (χ0) is 49.2. The average molecular weight is 955 g/mol. The molecule has 0 radical (unpaired) electrons. The number of nitrogens with one attached hydrogen (secondary N) is 1. The van der Waals surface area contributed by atoms with E-state index in [9.17, 15) is 19.2 Å². The summed E-state index contributed by atoms with van der Waals surface area (Å²) in [4.78, 5) is 54.0. The highest BCUT2D eigenvalue weighted by Gasteiger charge is 2.22. The lowest BCUT2D eigenvalue weighted by Gasteiger charge is -2.21. The Hall–Kier alpha value is -3.40. The van der Waals surface area contributed by atoms with Crippen LogP contribution in [0.5, 0.6) is 0 Å². The first-order valence-electron chi connectivity index (χ1n) is 28.1. The topological polar surface area (TPSA) is 120 Å². The van der Waals surface area contributed by atoms with Crippen LogP contribution in [0.4, 0.5) is 4.79 Å². The Kier molecular flexibility index (Phi) is 44.8. The van der Waals surface area contributed by atoms with Crippen molar-refractivity contribution in [3.63, 3.8) is 0 Å². The van der Waals surface area contributed by atoms with Gasteiger partial charge in [0.05, 0.1) is 0 Å². The molecule has 1 aliphatic rings. The van der Waals surface area contributed by atoms with Crippen LogP contribution in [-0.2, 0) is 33.3 Å². The van der Waals surface area contributed by atoms with E-state index in [0.29, 0.717) is 19.4 Å². The fraction of sp³-hybridized carbons (Fsp3) is 0.793. The summed E-state index contributed by atoms with van der Waals surface area (Å²) in [5.41, 5.74) is 0. The van der Waals surface area contributed by atoms with Gasteiger partial charge >= 0.3 is 24.0 Å². The quantitative estimate of drug-likeness (QED) is 0.0275. The molecule has 1 saturated heterocycles.